The van der Waals surface area contributed by atoms with E-state index in [-0.39, 0.29) is 24.2 Å². The summed E-state index contributed by atoms with van der Waals surface area (Å²) in [4.78, 5) is 24.0. The van der Waals surface area contributed by atoms with Gasteiger partial charge in [-0.05, 0) is 11.5 Å². The molecule has 110 valence electrons. The van der Waals surface area contributed by atoms with E-state index in [2.05, 4.69) is 10.7 Å². The summed E-state index contributed by atoms with van der Waals surface area (Å²) in [5.41, 5.74) is 3.60. The van der Waals surface area contributed by atoms with E-state index in [0.717, 1.165) is 5.56 Å². The summed E-state index contributed by atoms with van der Waals surface area (Å²) in [7, 11) is 3.47. The number of nitrogens with one attached hydrogen (secondary N) is 2. The van der Waals surface area contributed by atoms with Crippen LogP contribution in [0.15, 0.2) is 30.3 Å². The van der Waals surface area contributed by atoms with Gasteiger partial charge < -0.3 is 5.32 Å². The predicted molar refractivity (Wildman–Crippen MR) is 78.7 cm³/mol. The van der Waals surface area contributed by atoms with Crippen LogP contribution < -0.4 is 10.7 Å². The van der Waals surface area contributed by atoms with E-state index >= 15 is 0 Å². The van der Waals surface area contributed by atoms with Gasteiger partial charge in [0.25, 0.3) is 5.91 Å². The van der Waals surface area contributed by atoms with Crippen molar-refractivity contribution >= 4 is 11.8 Å². The topological polar surface area (TPSA) is 61.4 Å². The number of rotatable bonds is 6. The van der Waals surface area contributed by atoms with Crippen LogP contribution in [0.4, 0.5) is 0 Å². The predicted octanol–water partition coefficient (Wildman–Crippen LogP) is 0.963. The Kier molecular flexibility index (Phi) is 6.18. The van der Waals surface area contributed by atoms with Gasteiger partial charge in [0.2, 0.25) is 5.91 Å². The second-order valence-electron chi connectivity index (χ2n) is 5.32. The summed E-state index contributed by atoms with van der Waals surface area (Å²) in [5, 5.41) is 4.36. The van der Waals surface area contributed by atoms with Gasteiger partial charge in [0.05, 0.1) is 6.42 Å². The Morgan fingerprint density at radius 2 is 1.75 bits per heavy atom. The molecule has 0 radical (unpaired) electrons. The molecule has 1 rings (SSSR count). The van der Waals surface area contributed by atoms with Crippen molar-refractivity contribution in [2.75, 3.05) is 14.1 Å². The van der Waals surface area contributed by atoms with E-state index in [4.69, 9.17) is 0 Å². The monoisotopic (exact) mass is 277 g/mol. The molecule has 1 atom stereocenters. The van der Waals surface area contributed by atoms with E-state index in [1.54, 1.807) is 19.1 Å². The van der Waals surface area contributed by atoms with Crippen molar-refractivity contribution in [3.8, 4) is 0 Å². The largest absolute Gasteiger partial charge is 0.344 e. The molecule has 0 saturated heterocycles. The molecule has 0 bridgehead atoms. The second kappa shape index (κ2) is 7.65. The van der Waals surface area contributed by atoms with Crippen LogP contribution in [0.3, 0.4) is 0 Å². The number of hydrogen-bond acceptors (Lipinski definition) is 3. The minimum atomic E-state index is -0.534. The molecule has 1 aromatic carbocycles. The van der Waals surface area contributed by atoms with Crippen LogP contribution in [0.2, 0.25) is 0 Å². The van der Waals surface area contributed by atoms with Gasteiger partial charge in [-0.1, -0.05) is 44.2 Å². The summed E-state index contributed by atoms with van der Waals surface area (Å²) in [5.74, 6) is -0.329. The smallest absolute Gasteiger partial charge is 0.257 e. The van der Waals surface area contributed by atoms with Gasteiger partial charge in [-0.15, -0.1) is 0 Å². The molecular formula is C15H23N3O2. The lowest BCUT2D eigenvalue weighted by molar-refractivity contribution is -0.132. The Morgan fingerprint density at radius 3 is 2.25 bits per heavy atom. The van der Waals surface area contributed by atoms with E-state index in [9.17, 15) is 9.59 Å². The third-order valence-corrected chi connectivity index (χ3v) is 2.81. The van der Waals surface area contributed by atoms with Crippen molar-refractivity contribution in [3.05, 3.63) is 35.9 Å². The Balaban J connectivity index is 2.61. The molecule has 0 aliphatic heterocycles. The van der Waals surface area contributed by atoms with Crippen LogP contribution in [0.1, 0.15) is 19.4 Å². The highest BCUT2D eigenvalue weighted by atomic mass is 16.2. The molecule has 1 aromatic rings. The van der Waals surface area contributed by atoms with Crippen LogP contribution >= 0.6 is 0 Å². The standard InChI is InChI=1S/C15H23N3O2/c1-11(2)14(15(20)17-18(3)4)16-13(19)10-12-8-6-5-7-9-12/h5-9,11,14H,10H2,1-4H3,(H,16,19)(H,17,20)/t14-/m0/s1. The lowest BCUT2D eigenvalue weighted by Crippen LogP contribution is -2.53. The highest BCUT2D eigenvalue weighted by Crippen LogP contribution is 2.04. The molecular weight excluding hydrogens is 254 g/mol. The van der Waals surface area contributed by atoms with Gasteiger partial charge in [-0.25, -0.2) is 5.01 Å². The molecule has 0 aliphatic carbocycles. The summed E-state index contributed by atoms with van der Waals surface area (Å²) in [6.07, 6.45) is 0.277. The fourth-order valence-corrected chi connectivity index (χ4v) is 1.83. The quantitative estimate of drug-likeness (QED) is 0.762. The maximum absolute atomic E-state index is 12.0. The zero-order chi connectivity index (χ0) is 15.1. The van der Waals surface area contributed by atoms with Gasteiger partial charge in [0, 0.05) is 14.1 Å². The van der Waals surface area contributed by atoms with Gasteiger partial charge >= 0.3 is 0 Å². The van der Waals surface area contributed by atoms with Gasteiger partial charge in [0.15, 0.2) is 0 Å². The first-order valence-corrected chi connectivity index (χ1v) is 6.71. The van der Waals surface area contributed by atoms with Crippen molar-refractivity contribution in [2.24, 2.45) is 5.92 Å². The number of amides is 2. The summed E-state index contributed by atoms with van der Waals surface area (Å²) in [6.45, 7) is 3.81. The molecule has 0 fully saturated rings. The number of carbonyl (C=O) groups is 2. The molecule has 20 heavy (non-hydrogen) atoms. The molecule has 0 unspecified atom stereocenters. The maximum atomic E-state index is 12.0. The number of hydrazine groups is 1. The Hall–Kier alpha value is -1.88. The molecule has 2 amide bonds. The average Bonchev–Trinajstić information content (AvgIpc) is 2.35. The fraction of sp³-hybridized carbons (Fsp3) is 0.467. The fourth-order valence-electron chi connectivity index (χ4n) is 1.83. The van der Waals surface area contributed by atoms with Gasteiger partial charge in [-0.3, -0.25) is 15.0 Å². The van der Waals surface area contributed by atoms with Crippen molar-refractivity contribution in [3.63, 3.8) is 0 Å². The number of benzene rings is 1. The van der Waals surface area contributed by atoms with E-state index in [0.29, 0.717) is 0 Å². The summed E-state index contributed by atoms with van der Waals surface area (Å²) < 4.78 is 0. The van der Waals surface area contributed by atoms with Gasteiger partial charge in [0.1, 0.15) is 6.04 Å². The van der Waals surface area contributed by atoms with Crippen LogP contribution in [0, 0.1) is 5.92 Å². The number of nitrogens with zero attached hydrogens (tertiary/aromatic N) is 1. The zero-order valence-corrected chi connectivity index (χ0v) is 12.5. The minimum Gasteiger partial charge on any atom is -0.344 e. The molecule has 5 heteroatoms. The molecule has 0 spiro atoms. The lowest BCUT2D eigenvalue weighted by atomic mass is 10.0. The Morgan fingerprint density at radius 1 is 1.15 bits per heavy atom. The zero-order valence-electron chi connectivity index (χ0n) is 12.5. The van der Waals surface area contributed by atoms with E-state index in [1.165, 1.54) is 0 Å². The SMILES string of the molecule is CC(C)[C@H](NC(=O)Cc1ccccc1)C(=O)NN(C)C. The first-order chi connectivity index (χ1) is 9.40. The third kappa shape index (κ3) is 5.40. The first-order valence-electron chi connectivity index (χ1n) is 6.71. The maximum Gasteiger partial charge on any atom is 0.257 e. The second-order valence-corrected chi connectivity index (χ2v) is 5.32. The Bertz CT molecular complexity index is 444. The molecule has 0 aliphatic rings. The van der Waals surface area contributed by atoms with Gasteiger partial charge in [-0.2, -0.15) is 0 Å². The van der Waals surface area contributed by atoms with Crippen LogP contribution in [0.25, 0.3) is 0 Å². The van der Waals surface area contributed by atoms with Crippen LogP contribution in [-0.4, -0.2) is 37.0 Å². The Labute approximate surface area is 120 Å². The molecule has 0 heterocycles. The number of carbonyl (C=O) groups excluding carboxylic acids is 2. The molecule has 2 N–H and O–H groups in total. The number of hydrogen-bond donors (Lipinski definition) is 2. The van der Waals surface area contributed by atoms with Crippen molar-refractivity contribution in [1.29, 1.82) is 0 Å². The summed E-state index contributed by atoms with van der Waals surface area (Å²) >= 11 is 0. The first kappa shape index (κ1) is 16.2. The van der Waals surface area contributed by atoms with E-state index < -0.39 is 6.04 Å². The average molecular weight is 277 g/mol. The molecule has 5 nitrogen and oxygen atoms in total. The van der Waals surface area contributed by atoms with E-state index in [1.807, 2.05) is 44.2 Å². The van der Waals surface area contributed by atoms with Crippen LogP contribution in [0.5, 0.6) is 0 Å². The highest BCUT2D eigenvalue weighted by molar-refractivity contribution is 5.88. The van der Waals surface area contributed by atoms with Crippen molar-refractivity contribution < 1.29 is 9.59 Å². The van der Waals surface area contributed by atoms with Crippen molar-refractivity contribution in [1.82, 2.24) is 15.8 Å². The lowest BCUT2D eigenvalue weighted by Gasteiger charge is -2.23. The van der Waals surface area contributed by atoms with Crippen molar-refractivity contribution in [2.45, 2.75) is 26.3 Å². The highest BCUT2D eigenvalue weighted by Gasteiger charge is 2.24. The molecule has 0 aromatic heterocycles. The van der Waals surface area contributed by atoms with Crippen LogP contribution in [-0.2, 0) is 16.0 Å². The third-order valence-electron chi connectivity index (χ3n) is 2.81. The molecule has 0 saturated carbocycles. The summed E-state index contributed by atoms with van der Waals surface area (Å²) in [6, 6.07) is 8.94. The normalized spacial score (nSPS) is 12.3. The minimum absolute atomic E-state index is 0.0228.